The SMILES string of the molecule is Cc1ncnc(C)c1C(=O)N1CCC(C)(N(Cc2ccccc2)c2cccc(C(=O)NO)c2)CC1. The second-order valence-electron chi connectivity index (χ2n) is 9.27. The van der Waals surface area contributed by atoms with Crippen molar-refractivity contribution in [1.82, 2.24) is 20.3 Å². The van der Waals surface area contributed by atoms with Gasteiger partial charge in [-0.1, -0.05) is 36.4 Å². The summed E-state index contributed by atoms with van der Waals surface area (Å²) >= 11 is 0. The van der Waals surface area contributed by atoms with Crippen molar-refractivity contribution in [3.8, 4) is 0 Å². The Labute approximate surface area is 205 Å². The molecule has 8 nitrogen and oxygen atoms in total. The molecule has 8 heteroatoms. The fraction of sp³-hybridized carbons (Fsp3) is 0.333. The maximum atomic E-state index is 13.3. The molecule has 0 atom stereocenters. The van der Waals surface area contributed by atoms with Gasteiger partial charge >= 0.3 is 0 Å². The van der Waals surface area contributed by atoms with Gasteiger partial charge in [0.15, 0.2) is 0 Å². The molecule has 2 amide bonds. The lowest BCUT2D eigenvalue weighted by Gasteiger charge is -2.48. The zero-order valence-corrected chi connectivity index (χ0v) is 20.4. The fourth-order valence-corrected chi connectivity index (χ4v) is 4.76. The van der Waals surface area contributed by atoms with Crippen LogP contribution in [0.1, 0.15) is 57.4 Å². The predicted octanol–water partition coefficient (Wildman–Crippen LogP) is 3.91. The van der Waals surface area contributed by atoms with Crippen LogP contribution >= 0.6 is 0 Å². The first-order chi connectivity index (χ1) is 16.8. The summed E-state index contributed by atoms with van der Waals surface area (Å²) in [5.41, 5.74) is 5.86. The van der Waals surface area contributed by atoms with Gasteiger partial charge in [0.2, 0.25) is 0 Å². The standard InChI is InChI=1S/C27H31N5O3/c1-19-24(20(2)29-18-28-19)26(34)31-14-12-27(3,13-15-31)32(17-21-8-5-4-6-9-21)23-11-7-10-22(16-23)25(33)30-35/h4-11,16,18,35H,12-15,17H2,1-3H3,(H,30,33). The number of anilines is 1. The number of benzene rings is 2. The van der Waals surface area contributed by atoms with Crippen molar-refractivity contribution in [3.05, 3.63) is 89.0 Å². The highest BCUT2D eigenvalue weighted by atomic mass is 16.5. The normalized spacial score (nSPS) is 14.9. The van der Waals surface area contributed by atoms with Crippen LogP contribution in [0.3, 0.4) is 0 Å². The topological polar surface area (TPSA) is 98.7 Å². The van der Waals surface area contributed by atoms with E-state index in [-0.39, 0.29) is 11.4 Å². The number of hydrogen-bond donors (Lipinski definition) is 2. The first-order valence-electron chi connectivity index (χ1n) is 11.8. The van der Waals surface area contributed by atoms with Crippen LogP contribution in [0.15, 0.2) is 60.9 Å². The monoisotopic (exact) mass is 473 g/mol. The molecule has 35 heavy (non-hydrogen) atoms. The summed E-state index contributed by atoms with van der Waals surface area (Å²) in [6.45, 7) is 7.75. The van der Waals surface area contributed by atoms with Crippen molar-refractivity contribution in [2.24, 2.45) is 0 Å². The molecule has 1 aromatic heterocycles. The van der Waals surface area contributed by atoms with E-state index in [0.717, 1.165) is 24.1 Å². The third-order valence-corrected chi connectivity index (χ3v) is 6.92. The van der Waals surface area contributed by atoms with Crippen molar-refractivity contribution < 1.29 is 14.8 Å². The first-order valence-corrected chi connectivity index (χ1v) is 11.8. The molecule has 1 aliphatic heterocycles. The molecule has 0 spiro atoms. The number of piperidine rings is 1. The molecule has 0 aliphatic carbocycles. The van der Waals surface area contributed by atoms with E-state index >= 15 is 0 Å². The van der Waals surface area contributed by atoms with Gasteiger partial charge in [0.25, 0.3) is 11.8 Å². The number of aromatic nitrogens is 2. The number of rotatable bonds is 6. The zero-order chi connectivity index (χ0) is 25.0. The predicted molar refractivity (Wildman–Crippen MR) is 133 cm³/mol. The van der Waals surface area contributed by atoms with Crippen molar-refractivity contribution in [2.45, 2.75) is 45.7 Å². The number of likely N-dealkylation sites (tertiary alicyclic amines) is 1. The van der Waals surface area contributed by atoms with E-state index < -0.39 is 5.91 Å². The fourth-order valence-electron chi connectivity index (χ4n) is 4.76. The van der Waals surface area contributed by atoms with Gasteiger partial charge in [-0.2, -0.15) is 0 Å². The smallest absolute Gasteiger partial charge is 0.274 e. The minimum Gasteiger partial charge on any atom is -0.362 e. The van der Waals surface area contributed by atoms with Crippen LogP contribution < -0.4 is 10.4 Å². The number of hydrogen-bond acceptors (Lipinski definition) is 6. The van der Waals surface area contributed by atoms with Gasteiger partial charge in [0, 0.05) is 36.4 Å². The second kappa shape index (κ2) is 10.2. The highest BCUT2D eigenvalue weighted by Crippen LogP contribution is 2.35. The molecular weight excluding hydrogens is 442 g/mol. The van der Waals surface area contributed by atoms with Gasteiger partial charge in [-0.3, -0.25) is 14.8 Å². The maximum absolute atomic E-state index is 13.3. The molecule has 4 rings (SSSR count). The minimum absolute atomic E-state index is 0.0288. The van der Waals surface area contributed by atoms with E-state index in [1.807, 2.05) is 49.1 Å². The Kier molecular flexibility index (Phi) is 7.12. The quantitative estimate of drug-likeness (QED) is 0.416. The lowest BCUT2D eigenvalue weighted by molar-refractivity contribution is 0.0669. The number of carbonyl (C=O) groups is 2. The molecule has 2 heterocycles. The number of carbonyl (C=O) groups excluding carboxylic acids is 2. The summed E-state index contributed by atoms with van der Waals surface area (Å²) in [6.07, 6.45) is 3.00. The lowest BCUT2D eigenvalue weighted by atomic mass is 9.86. The Hall–Kier alpha value is -3.78. The average Bonchev–Trinajstić information content (AvgIpc) is 2.87. The lowest BCUT2D eigenvalue weighted by Crippen LogP contribution is -2.54. The molecule has 3 aromatic rings. The van der Waals surface area contributed by atoms with Crippen molar-refractivity contribution in [1.29, 1.82) is 0 Å². The summed E-state index contributed by atoms with van der Waals surface area (Å²) < 4.78 is 0. The summed E-state index contributed by atoms with van der Waals surface area (Å²) in [6, 6.07) is 17.5. The largest absolute Gasteiger partial charge is 0.362 e. The number of aryl methyl sites for hydroxylation is 2. The highest BCUT2D eigenvalue weighted by Gasteiger charge is 2.38. The minimum atomic E-state index is -0.548. The van der Waals surface area contributed by atoms with Crippen molar-refractivity contribution in [2.75, 3.05) is 18.0 Å². The van der Waals surface area contributed by atoms with Crippen molar-refractivity contribution in [3.63, 3.8) is 0 Å². The molecule has 0 radical (unpaired) electrons. The number of amides is 2. The third-order valence-electron chi connectivity index (χ3n) is 6.92. The molecule has 2 aromatic carbocycles. The molecular formula is C27H31N5O3. The summed E-state index contributed by atoms with van der Waals surface area (Å²) in [5.74, 6) is -0.577. The molecule has 0 saturated carbocycles. The number of hydroxylamine groups is 1. The van der Waals surface area contributed by atoms with Crippen LogP contribution in [0.25, 0.3) is 0 Å². The van der Waals surface area contributed by atoms with E-state index in [4.69, 9.17) is 5.21 Å². The van der Waals surface area contributed by atoms with Gasteiger partial charge in [-0.15, -0.1) is 0 Å². The summed E-state index contributed by atoms with van der Waals surface area (Å²) in [5, 5.41) is 9.11. The summed E-state index contributed by atoms with van der Waals surface area (Å²) in [4.78, 5) is 38.0. The molecule has 0 bridgehead atoms. The third kappa shape index (κ3) is 5.17. The van der Waals surface area contributed by atoms with E-state index in [1.165, 1.54) is 6.33 Å². The van der Waals surface area contributed by atoms with Crippen LogP contribution in [0.5, 0.6) is 0 Å². The summed E-state index contributed by atoms with van der Waals surface area (Å²) in [7, 11) is 0. The molecule has 1 aliphatic rings. The first kappa shape index (κ1) is 24.3. The zero-order valence-electron chi connectivity index (χ0n) is 20.4. The Bertz CT molecular complexity index is 1190. The molecule has 2 N–H and O–H groups in total. The van der Waals surface area contributed by atoms with Gasteiger partial charge in [-0.05, 0) is 57.4 Å². The van der Waals surface area contributed by atoms with Gasteiger partial charge < -0.3 is 9.80 Å². The van der Waals surface area contributed by atoms with Crippen LogP contribution in [0.2, 0.25) is 0 Å². The molecule has 1 saturated heterocycles. The van der Waals surface area contributed by atoms with E-state index in [2.05, 4.69) is 33.9 Å². The van der Waals surface area contributed by atoms with Gasteiger partial charge in [-0.25, -0.2) is 15.4 Å². The van der Waals surface area contributed by atoms with E-state index in [0.29, 0.717) is 42.1 Å². The Balaban J connectivity index is 1.61. The van der Waals surface area contributed by atoms with Crippen LogP contribution in [0.4, 0.5) is 5.69 Å². The van der Waals surface area contributed by atoms with Gasteiger partial charge in [0.1, 0.15) is 6.33 Å². The molecule has 1 fully saturated rings. The Morgan fingerprint density at radius 3 is 2.31 bits per heavy atom. The number of nitrogens with zero attached hydrogens (tertiary/aromatic N) is 4. The van der Waals surface area contributed by atoms with Crippen molar-refractivity contribution >= 4 is 17.5 Å². The van der Waals surface area contributed by atoms with E-state index in [1.54, 1.807) is 17.6 Å². The second-order valence-corrected chi connectivity index (χ2v) is 9.27. The molecule has 0 unspecified atom stereocenters. The van der Waals surface area contributed by atoms with Gasteiger partial charge in [0.05, 0.1) is 17.0 Å². The molecule has 182 valence electrons. The number of nitrogens with one attached hydrogen (secondary N) is 1. The Morgan fingerprint density at radius 2 is 1.69 bits per heavy atom. The van der Waals surface area contributed by atoms with E-state index in [9.17, 15) is 9.59 Å². The van der Waals surface area contributed by atoms with Crippen LogP contribution in [-0.4, -0.2) is 50.5 Å². The average molecular weight is 474 g/mol. The van der Waals surface area contributed by atoms with Crippen LogP contribution in [-0.2, 0) is 6.54 Å². The maximum Gasteiger partial charge on any atom is 0.274 e. The Morgan fingerprint density at radius 1 is 1.03 bits per heavy atom. The van der Waals surface area contributed by atoms with Crippen LogP contribution in [0, 0.1) is 13.8 Å². The highest BCUT2D eigenvalue weighted by molar-refractivity contribution is 5.96.